The van der Waals surface area contributed by atoms with Crippen LogP contribution in [0.4, 0.5) is 23.2 Å². The van der Waals surface area contributed by atoms with Crippen molar-refractivity contribution in [2.45, 2.75) is 19.4 Å². The zero-order chi connectivity index (χ0) is 22.1. The van der Waals surface area contributed by atoms with Crippen molar-refractivity contribution < 1.29 is 27.1 Å². The Morgan fingerprint density at radius 3 is 2.48 bits per heavy atom. The zero-order valence-corrected chi connectivity index (χ0v) is 19.2. The number of amides is 1. The minimum atomic E-state index is -1.66. The summed E-state index contributed by atoms with van der Waals surface area (Å²) < 4.78 is 58.7. The molecule has 0 aliphatic rings. The van der Waals surface area contributed by atoms with E-state index in [1.54, 1.807) is 12.1 Å². The molecule has 2 rings (SSSR count). The first kappa shape index (κ1) is 26.5. The molecule has 31 heavy (non-hydrogen) atoms. The van der Waals surface area contributed by atoms with E-state index in [-0.39, 0.29) is 42.6 Å². The Morgan fingerprint density at radius 1 is 1.10 bits per heavy atom. The van der Waals surface area contributed by atoms with E-state index in [0.29, 0.717) is 24.8 Å². The van der Waals surface area contributed by atoms with Crippen LogP contribution >= 0.6 is 24.0 Å². The maximum absolute atomic E-state index is 13.6. The van der Waals surface area contributed by atoms with Crippen LogP contribution in [0.5, 0.6) is 5.75 Å². The smallest absolute Gasteiger partial charge is 0.243 e. The van der Waals surface area contributed by atoms with Crippen molar-refractivity contribution in [3.8, 4) is 5.75 Å². The number of hydrogen-bond donors (Lipinski definition) is 3. The highest BCUT2D eigenvalue weighted by Crippen LogP contribution is 2.19. The van der Waals surface area contributed by atoms with Gasteiger partial charge in [-0.15, -0.1) is 24.0 Å². The number of carbonyl (C=O) groups is 1. The Balaban J connectivity index is 0.00000480. The molecule has 11 heteroatoms. The number of nitrogens with zero attached hydrogens (tertiary/aromatic N) is 1. The first-order chi connectivity index (χ1) is 14.3. The summed E-state index contributed by atoms with van der Waals surface area (Å²) in [5.74, 6) is -4.94. The van der Waals surface area contributed by atoms with E-state index in [0.717, 1.165) is 6.07 Å². The summed E-state index contributed by atoms with van der Waals surface area (Å²) in [6.45, 7) is 1.90. The SMILES string of the molecule is CCC(CNC(=NC)NCC(=O)Nc1ccc(F)c(F)c1F)Oc1cccc(F)c1.I. The summed E-state index contributed by atoms with van der Waals surface area (Å²) in [4.78, 5) is 15.9. The van der Waals surface area contributed by atoms with Crippen molar-refractivity contribution in [1.82, 2.24) is 10.6 Å². The molecule has 0 fully saturated rings. The minimum Gasteiger partial charge on any atom is -0.489 e. The van der Waals surface area contributed by atoms with Gasteiger partial charge in [-0.1, -0.05) is 13.0 Å². The van der Waals surface area contributed by atoms with Crippen molar-refractivity contribution >= 4 is 41.5 Å². The van der Waals surface area contributed by atoms with Gasteiger partial charge in [-0.05, 0) is 30.7 Å². The predicted molar refractivity (Wildman–Crippen MR) is 121 cm³/mol. The highest BCUT2D eigenvalue weighted by Gasteiger charge is 2.15. The molecular weight excluding hydrogens is 531 g/mol. The lowest BCUT2D eigenvalue weighted by molar-refractivity contribution is -0.115. The van der Waals surface area contributed by atoms with Gasteiger partial charge in [-0.2, -0.15) is 0 Å². The van der Waals surface area contributed by atoms with Crippen LogP contribution in [0, 0.1) is 23.3 Å². The molecule has 2 aromatic rings. The lowest BCUT2D eigenvalue weighted by Crippen LogP contribution is -2.44. The first-order valence-corrected chi connectivity index (χ1v) is 9.14. The van der Waals surface area contributed by atoms with Gasteiger partial charge in [-0.25, -0.2) is 17.6 Å². The fourth-order valence-corrected chi connectivity index (χ4v) is 2.41. The molecule has 3 N–H and O–H groups in total. The third kappa shape index (κ3) is 8.23. The van der Waals surface area contributed by atoms with Crippen LogP contribution in [0.2, 0.25) is 0 Å². The molecule has 0 saturated carbocycles. The Morgan fingerprint density at radius 2 is 1.84 bits per heavy atom. The maximum Gasteiger partial charge on any atom is 0.243 e. The Kier molecular flexibility index (Phi) is 11.1. The van der Waals surface area contributed by atoms with Gasteiger partial charge in [0.1, 0.15) is 17.7 Å². The molecule has 1 atom stereocenters. The molecule has 0 spiro atoms. The number of nitrogens with one attached hydrogen (secondary N) is 3. The number of anilines is 1. The number of benzene rings is 2. The third-order valence-electron chi connectivity index (χ3n) is 4.00. The summed E-state index contributed by atoms with van der Waals surface area (Å²) >= 11 is 0. The number of hydrogen-bond acceptors (Lipinski definition) is 3. The average Bonchev–Trinajstić information content (AvgIpc) is 2.73. The molecule has 0 heterocycles. The van der Waals surface area contributed by atoms with E-state index in [1.807, 2.05) is 6.92 Å². The highest BCUT2D eigenvalue weighted by molar-refractivity contribution is 14.0. The van der Waals surface area contributed by atoms with E-state index < -0.39 is 34.9 Å². The van der Waals surface area contributed by atoms with Gasteiger partial charge >= 0.3 is 0 Å². The second kappa shape index (κ2) is 13.0. The number of aliphatic imine (C=N–C) groups is 1. The lowest BCUT2D eigenvalue weighted by atomic mass is 10.2. The van der Waals surface area contributed by atoms with E-state index >= 15 is 0 Å². The number of ether oxygens (including phenoxy) is 1. The second-order valence-electron chi connectivity index (χ2n) is 6.18. The van der Waals surface area contributed by atoms with Crippen LogP contribution in [0.25, 0.3) is 0 Å². The van der Waals surface area contributed by atoms with E-state index in [9.17, 15) is 22.4 Å². The van der Waals surface area contributed by atoms with Crippen LogP contribution in [-0.2, 0) is 4.79 Å². The minimum absolute atomic E-state index is 0. The predicted octanol–water partition coefficient (Wildman–Crippen LogP) is 3.82. The van der Waals surface area contributed by atoms with Crippen LogP contribution in [0.3, 0.4) is 0 Å². The molecular formula is C20H23F4IN4O2. The molecule has 0 radical (unpaired) electrons. The topological polar surface area (TPSA) is 74.8 Å². The quantitative estimate of drug-likeness (QED) is 0.153. The lowest BCUT2D eigenvalue weighted by Gasteiger charge is -2.20. The third-order valence-corrected chi connectivity index (χ3v) is 4.00. The van der Waals surface area contributed by atoms with Gasteiger partial charge in [0.15, 0.2) is 23.4 Å². The molecule has 1 unspecified atom stereocenters. The van der Waals surface area contributed by atoms with Gasteiger partial charge < -0.3 is 20.7 Å². The number of guanidine groups is 1. The fourth-order valence-electron chi connectivity index (χ4n) is 2.41. The Labute approximate surface area is 194 Å². The molecule has 170 valence electrons. The molecule has 0 bridgehead atoms. The monoisotopic (exact) mass is 554 g/mol. The maximum atomic E-state index is 13.6. The summed E-state index contributed by atoms with van der Waals surface area (Å²) in [6, 6.07) is 7.41. The summed E-state index contributed by atoms with van der Waals surface area (Å²) in [6.07, 6.45) is 0.326. The van der Waals surface area contributed by atoms with Crippen LogP contribution in [0.15, 0.2) is 41.4 Å². The van der Waals surface area contributed by atoms with Crippen LogP contribution in [0.1, 0.15) is 13.3 Å². The van der Waals surface area contributed by atoms with Crippen molar-refractivity contribution in [1.29, 1.82) is 0 Å². The van der Waals surface area contributed by atoms with Crippen molar-refractivity contribution in [2.24, 2.45) is 4.99 Å². The van der Waals surface area contributed by atoms with Gasteiger partial charge in [0.25, 0.3) is 0 Å². The Hall–Kier alpha value is -2.57. The zero-order valence-electron chi connectivity index (χ0n) is 16.8. The van der Waals surface area contributed by atoms with E-state index in [4.69, 9.17) is 4.74 Å². The number of rotatable bonds is 8. The second-order valence-corrected chi connectivity index (χ2v) is 6.18. The molecule has 0 saturated heterocycles. The summed E-state index contributed by atoms with van der Waals surface area (Å²) in [7, 11) is 1.48. The fraction of sp³-hybridized carbons (Fsp3) is 0.300. The largest absolute Gasteiger partial charge is 0.489 e. The van der Waals surface area contributed by atoms with Gasteiger partial charge in [0, 0.05) is 13.1 Å². The van der Waals surface area contributed by atoms with Crippen molar-refractivity contribution in [3.05, 3.63) is 59.7 Å². The number of halogens is 5. The molecule has 1 amide bonds. The molecule has 2 aromatic carbocycles. The van der Waals surface area contributed by atoms with Gasteiger partial charge in [-0.3, -0.25) is 9.79 Å². The van der Waals surface area contributed by atoms with E-state index in [1.165, 1.54) is 19.2 Å². The Bertz CT molecular complexity index is 915. The van der Waals surface area contributed by atoms with Gasteiger partial charge in [0.05, 0.1) is 18.8 Å². The summed E-state index contributed by atoms with van der Waals surface area (Å²) in [5, 5.41) is 7.81. The molecule has 6 nitrogen and oxygen atoms in total. The normalized spacial score (nSPS) is 11.9. The van der Waals surface area contributed by atoms with Crippen molar-refractivity contribution in [3.63, 3.8) is 0 Å². The molecule has 0 aliphatic heterocycles. The summed E-state index contributed by atoms with van der Waals surface area (Å²) in [5.41, 5.74) is -0.474. The number of carbonyl (C=O) groups excluding carboxylic acids is 1. The van der Waals surface area contributed by atoms with Gasteiger partial charge in [0.2, 0.25) is 5.91 Å². The van der Waals surface area contributed by atoms with E-state index in [2.05, 4.69) is 20.9 Å². The average molecular weight is 554 g/mol. The van der Waals surface area contributed by atoms with Crippen LogP contribution in [-0.4, -0.2) is 38.1 Å². The highest BCUT2D eigenvalue weighted by atomic mass is 127. The van der Waals surface area contributed by atoms with Crippen molar-refractivity contribution in [2.75, 3.05) is 25.5 Å². The first-order valence-electron chi connectivity index (χ1n) is 9.14. The molecule has 0 aromatic heterocycles. The molecule has 0 aliphatic carbocycles. The van der Waals surface area contributed by atoms with Crippen LogP contribution < -0.4 is 20.7 Å². The standard InChI is InChI=1S/C20H22F4N4O2.HI/c1-3-13(30-14-6-4-5-12(21)9-14)10-26-20(25-2)27-11-17(29)28-16-8-7-15(22)18(23)19(16)24;/h4-9,13H,3,10-11H2,1-2H3,(H,28,29)(H2,25,26,27);1H.